The van der Waals surface area contributed by atoms with Crippen molar-refractivity contribution in [3.8, 4) is 17.0 Å². The van der Waals surface area contributed by atoms with Gasteiger partial charge in [0.2, 0.25) is 5.43 Å². The number of aromatic nitrogens is 3. The average Bonchev–Trinajstić information content (AvgIpc) is 3.38. The monoisotopic (exact) mass is 532 g/mol. The van der Waals surface area contributed by atoms with Gasteiger partial charge in [0.15, 0.2) is 17.7 Å². The number of benzene rings is 2. The number of imidazole rings is 1. The molecule has 2 aromatic carbocycles. The first kappa shape index (κ1) is 25.0. The molecule has 4 heterocycles. The van der Waals surface area contributed by atoms with Gasteiger partial charge in [0.1, 0.15) is 18.2 Å². The van der Waals surface area contributed by atoms with Crippen LogP contribution >= 0.6 is 0 Å². The zero-order valence-corrected chi connectivity index (χ0v) is 21.2. The zero-order chi connectivity index (χ0) is 27.1. The van der Waals surface area contributed by atoms with E-state index in [-0.39, 0.29) is 47.7 Å². The first-order chi connectivity index (χ1) is 18.9. The van der Waals surface area contributed by atoms with Gasteiger partial charge in [-0.15, -0.1) is 0 Å². The van der Waals surface area contributed by atoms with Gasteiger partial charge in [0, 0.05) is 30.1 Å². The van der Waals surface area contributed by atoms with Gasteiger partial charge in [0.25, 0.3) is 5.91 Å². The topological polar surface area (TPSA) is 78.6 Å². The van der Waals surface area contributed by atoms with Crippen LogP contribution in [-0.4, -0.2) is 43.8 Å². The molecule has 1 amide bonds. The number of halogens is 2. The quantitative estimate of drug-likeness (QED) is 0.372. The summed E-state index contributed by atoms with van der Waals surface area (Å²) in [5.41, 5.74) is 1.43. The standard InChI is InChI=1S/C29H26F2N4O4/c1-18-9-10-38-25-15-34-13-22(24-14-33(17-32-24)12-20-7-8-21(30)11-23(20)31)27(36)28(26(34)29(37)35(18)25)39-16-19-5-3-2-4-6-19/h2-8,11,13-14,17-18,25H,9-10,12,15-16H2,1H3/t18-,25?/m1/s1. The number of hydrogen-bond acceptors (Lipinski definition) is 5. The lowest BCUT2D eigenvalue weighted by atomic mass is 10.1. The van der Waals surface area contributed by atoms with Crippen molar-refractivity contribution in [2.24, 2.45) is 0 Å². The minimum Gasteiger partial charge on any atom is -0.483 e. The number of nitrogens with zero attached hydrogens (tertiary/aromatic N) is 4. The number of hydrogen-bond donors (Lipinski definition) is 0. The van der Waals surface area contributed by atoms with Crippen molar-refractivity contribution < 1.29 is 23.0 Å². The molecule has 0 spiro atoms. The van der Waals surface area contributed by atoms with Crippen molar-refractivity contribution in [3.05, 3.63) is 106 Å². The van der Waals surface area contributed by atoms with E-state index in [0.717, 1.165) is 11.6 Å². The van der Waals surface area contributed by atoms with Crippen LogP contribution < -0.4 is 10.2 Å². The lowest BCUT2D eigenvalue weighted by Crippen LogP contribution is -2.57. The molecule has 2 atom stereocenters. The van der Waals surface area contributed by atoms with Gasteiger partial charge in [-0.05, 0) is 25.0 Å². The van der Waals surface area contributed by atoms with Gasteiger partial charge in [-0.1, -0.05) is 36.4 Å². The van der Waals surface area contributed by atoms with Crippen molar-refractivity contribution in [1.82, 2.24) is 19.0 Å². The molecule has 0 radical (unpaired) electrons. The van der Waals surface area contributed by atoms with E-state index in [1.165, 1.54) is 18.5 Å². The van der Waals surface area contributed by atoms with Crippen molar-refractivity contribution in [3.63, 3.8) is 0 Å². The summed E-state index contributed by atoms with van der Waals surface area (Å²) in [4.78, 5) is 33.6. The molecule has 0 N–H and O–H groups in total. The van der Waals surface area contributed by atoms with Crippen LogP contribution in [0, 0.1) is 11.6 Å². The first-order valence-electron chi connectivity index (χ1n) is 12.7. The van der Waals surface area contributed by atoms with Crippen molar-refractivity contribution >= 4 is 5.91 Å². The maximum Gasteiger partial charge on any atom is 0.276 e. The van der Waals surface area contributed by atoms with Gasteiger partial charge in [-0.2, -0.15) is 0 Å². The summed E-state index contributed by atoms with van der Waals surface area (Å²) in [6.45, 7) is 3.05. The third-order valence-corrected chi connectivity index (χ3v) is 7.16. The highest BCUT2D eigenvalue weighted by atomic mass is 19.1. The zero-order valence-electron chi connectivity index (χ0n) is 21.2. The lowest BCUT2D eigenvalue weighted by molar-refractivity contribution is -0.112. The second-order valence-electron chi connectivity index (χ2n) is 9.82. The van der Waals surface area contributed by atoms with E-state index in [9.17, 15) is 18.4 Å². The highest BCUT2D eigenvalue weighted by Crippen LogP contribution is 2.31. The van der Waals surface area contributed by atoms with E-state index in [1.807, 2.05) is 37.3 Å². The number of amides is 1. The molecule has 4 aromatic rings. The summed E-state index contributed by atoms with van der Waals surface area (Å²) in [6, 6.07) is 12.7. The summed E-state index contributed by atoms with van der Waals surface area (Å²) < 4.78 is 42.8. The fourth-order valence-electron chi connectivity index (χ4n) is 5.12. The second kappa shape index (κ2) is 10.1. The number of carbonyl (C=O) groups is 1. The van der Waals surface area contributed by atoms with Crippen molar-refractivity contribution in [2.45, 2.75) is 45.3 Å². The van der Waals surface area contributed by atoms with Crippen LogP contribution in [0.25, 0.3) is 11.3 Å². The molecule has 0 saturated carbocycles. The number of pyridine rings is 1. The van der Waals surface area contributed by atoms with Gasteiger partial charge < -0.3 is 23.5 Å². The van der Waals surface area contributed by atoms with Crippen LogP contribution in [0.1, 0.15) is 35.0 Å². The third kappa shape index (κ3) is 4.72. The smallest absolute Gasteiger partial charge is 0.276 e. The van der Waals surface area contributed by atoms with E-state index >= 15 is 0 Å². The fraction of sp³-hybridized carbons (Fsp3) is 0.276. The minimum atomic E-state index is -0.666. The van der Waals surface area contributed by atoms with Gasteiger partial charge >= 0.3 is 0 Å². The maximum atomic E-state index is 14.2. The second-order valence-corrected chi connectivity index (χ2v) is 9.82. The van der Waals surface area contributed by atoms with E-state index < -0.39 is 23.3 Å². The van der Waals surface area contributed by atoms with Crippen molar-refractivity contribution in [2.75, 3.05) is 6.61 Å². The summed E-state index contributed by atoms with van der Waals surface area (Å²) in [6.07, 6.45) is 4.95. The molecule has 39 heavy (non-hydrogen) atoms. The molecule has 2 aromatic heterocycles. The van der Waals surface area contributed by atoms with Crippen LogP contribution in [0.2, 0.25) is 0 Å². The molecular weight excluding hydrogens is 506 g/mol. The Morgan fingerprint density at radius 2 is 1.92 bits per heavy atom. The van der Waals surface area contributed by atoms with Crippen LogP contribution in [0.5, 0.6) is 5.75 Å². The molecule has 6 rings (SSSR count). The number of ether oxygens (including phenoxy) is 2. The Morgan fingerprint density at radius 1 is 1.10 bits per heavy atom. The summed E-state index contributed by atoms with van der Waals surface area (Å²) in [5, 5.41) is 0. The van der Waals surface area contributed by atoms with Gasteiger partial charge in [0.05, 0.1) is 37.3 Å². The molecule has 2 aliphatic heterocycles. The first-order valence-corrected chi connectivity index (χ1v) is 12.7. The van der Waals surface area contributed by atoms with E-state index in [1.54, 1.807) is 26.4 Å². The van der Waals surface area contributed by atoms with Crippen LogP contribution in [-0.2, 0) is 24.4 Å². The predicted octanol–water partition coefficient (Wildman–Crippen LogP) is 4.21. The molecule has 200 valence electrons. The Morgan fingerprint density at radius 3 is 2.72 bits per heavy atom. The molecule has 1 saturated heterocycles. The predicted molar refractivity (Wildman–Crippen MR) is 138 cm³/mol. The highest BCUT2D eigenvalue weighted by Gasteiger charge is 2.41. The van der Waals surface area contributed by atoms with Crippen LogP contribution in [0.3, 0.4) is 0 Å². The third-order valence-electron chi connectivity index (χ3n) is 7.16. The molecule has 0 bridgehead atoms. The molecule has 10 heteroatoms. The molecule has 2 aliphatic rings. The minimum absolute atomic E-state index is 0.0377. The maximum absolute atomic E-state index is 14.2. The summed E-state index contributed by atoms with van der Waals surface area (Å²) in [5.74, 6) is -1.68. The normalized spacial score (nSPS) is 18.5. The fourth-order valence-corrected chi connectivity index (χ4v) is 5.12. The van der Waals surface area contributed by atoms with Gasteiger partial charge in [-0.3, -0.25) is 9.59 Å². The molecule has 0 aliphatic carbocycles. The number of rotatable bonds is 6. The number of fused-ring (bicyclic) bond motifs is 2. The van der Waals surface area contributed by atoms with E-state index in [2.05, 4.69) is 4.98 Å². The van der Waals surface area contributed by atoms with Crippen LogP contribution in [0.4, 0.5) is 8.78 Å². The summed E-state index contributed by atoms with van der Waals surface area (Å²) >= 11 is 0. The average molecular weight is 533 g/mol. The van der Waals surface area contributed by atoms with Crippen molar-refractivity contribution in [1.29, 1.82) is 0 Å². The molecule has 1 unspecified atom stereocenters. The van der Waals surface area contributed by atoms with E-state index in [0.29, 0.717) is 25.3 Å². The highest BCUT2D eigenvalue weighted by molar-refractivity contribution is 5.97. The molecule has 8 nitrogen and oxygen atoms in total. The largest absolute Gasteiger partial charge is 0.483 e. The van der Waals surface area contributed by atoms with Crippen LogP contribution in [0.15, 0.2) is 72.0 Å². The Bertz CT molecular complexity index is 1600. The molecule has 1 fully saturated rings. The lowest BCUT2D eigenvalue weighted by Gasteiger charge is -2.44. The van der Waals surface area contributed by atoms with Gasteiger partial charge in [-0.25, -0.2) is 13.8 Å². The van der Waals surface area contributed by atoms with E-state index in [4.69, 9.17) is 9.47 Å². The Hall–Kier alpha value is -4.31. The SMILES string of the molecule is C[C@@H]1CCOC2Cn3cc(-c4cn(Cc5ccc(F)cc5F)cn4)c(=O)c(OCc4ccccc4)c3C(=O)N21. The summed E-state index contributed by atoms with van der Waals surface area (Å²) in [7, 11) is 0. The number of carbonyl (C=O) groups excluding carboxylic acids is 1. The Labute approximate surface area is 223 Å². The Kier molecular flexibility index (Phi) is 6.48. The Balaban J connectivity index is 1.40. The molecular formula is C29H26F2N4O4.